The maximum atomic E-state index is 2.53. The van der Waals surface area contributed by atoms with Crippen LogP contribution >= 0.6 is 0 Å². The molecule has 0 aliphatic carbocycles. The maximum Gasteiger partial charge on any atom is 0.295 e. The van der Waals surface area contributed by atoms with Crippen LogP contribution in [0.3, 0.4) is 0 Å². The minimum Gasteiger partial charge on any atom is -0.225 e. The highest BCUT2D eigenvalue weighted by molar-refractivity contribution is 5.86. The molecule has 2 heterocycles. The van der Waals surface area contributed by atoms with Crippen LogP contribution in [-0.2, 0) is 14.1 Å². The molecule has 2 aromatic heterocycles. The predicted molar refractivity (Wildman–Crippen MR) is 167 cm³/mol. The number of nitrogens with zero attached hydrogens (tertiary/aromatic N) is 3. The fourth-order valence-corrected chi connectivity index (χ4v) is 6.32. The summed E-state index contributed by atoms with van der Waals surface area (Å²) in [6.45, 7) is 11.5. The predicted octanol–water partition coefficient (Wildman–Crippen LogP) is 8.32. The van der Waals surface area contributed by atoms with Crippen molar-refractivity contribution in [3.05, 3.63) is 114 Å². The van der Waals surface area contributed by atoms with Crippen molar-refractivity contribution in [3.63, 3.8) is 0 Å². The molecule has 0 atom stereocenters. The number of hydrogen-bond donors (Lipinski definition) is 0. The summed E-state index contributed by atoms with van der Waals surface area (Å²) in [5, 5.41) is 2.51. The van der Waals surface area contributed by atoms with E-state index in [2.05, 4.69) is 160 Å². The molecule has 0 aliphatic heterocycles. The summed E-state index contributed by atoms with van der Waals surface area (Å²) in [5.74, 6) is 2.01. The highest BCUT2D eigenvalue weighted by Gasteiger charge is 2.32. The van der Waals surface area contributed by atoms with Gasteiger partial charge in [-0.3, -0.25) is 0 Å². The van der Waals surface area contributed by atoms with Gasteiger partial charge in [-0.1, -0.05) is 82.3 Å². The van der Waals surface area contributed by atoms with Gasteiger partial charge in [-0.05, 0) is 60.0 Å². The largest absolute Gasteiger partial charge is 0.295 e. The molecule has 0 unspecified atom stereocenters. The van der Waals surface area contributed by atoms with Gasteiger partial charge in [-0.2, -0.15) is 4.57 Å². The molecule has 0 radical (unpaired) electrons. The van der Waals surface area contributed by atoms with E-state index in [0.717, 1.165) is 0 Å². The zero-order valence-electron chi connectivity index (χ0n) is 24.7. The SMILES string of the molecule is Cc1c(-c2cc3ccccc3c[n+]2C)cccc1-c1n(-c2c(C(C)C)cccc2C(C)C)c2ccccc2[n+]1C. The van der Waals surface area contributed by atoms with Gasteiger partial charge in [0.1, 0.15) is 12.7 Å². The van der Waals surface area contributed by atoms with Gasteiger partial charge in [0.15, 0.2) is 17.2 Å². The van der Waals surface area contributed by atoms with E-state index in [9.17, 15) is 0 Å². The lowest BCUT2D eigenvalue weighted by Crippen LogP contribution is -2.32. The summed E-state index contributed by atoms with van der Waals surface area (Å²) in [5.41, 5.74) is 11.5. The Kier molecular flexibility index (Phi) is 6.54. The minimum atomic E-state index is 0.400. The number of para-hydroxylation sites is 3. The van der Waals surface area contributed by atoms with Crippen LogP contribution in [0.1, 0.15) is 56.2 Å². The third kappa shape index (κ3) is 4.12. The second-order valence-corrected chi connectivity index (χ2v) is 11.7. The summed E-state index contributed by atoms with van der Waals surface area (Å²) >= 11 is 0. The van der Waals surface area contributed by atoms with Gasteiger partial charge in [0.05, 0.1) is 12.6 Å². The van der Waals surface area contributed by atoms with Crippen molar-refractivity contribution in [2.75, 3.05) is 0 Å². The molecule has 3 heteroatoms. The molecule has 0 amide bonds. The number of aryl methyl sites for hydroxylation is 2. The molecule has 3 nitrogen and oxygen atoms in total. The molecule has 40 heavy (non-hydrogen) atoms. The molecule has 6 rings (SSSR count). The number of pyridine rings is 1. The second kappa shape index (κ2) is 10.1. The van der Waals surface area contributed by atoms with E-state index in [4.69, 9.17) is 0 Å². The van der Waals surface area contributed by atoms with Crippen molar-refractivity contribution in [3.8, 4) is 28.3 Å². The van der Waals surface area contributed by atoms with Crippen LogP contribution in [-0.4, -0.2) is 4.57 Å². The number of benzene rings is 4. The summed E-state index contributed by atoms with van der Waals surface area (Å²) in [6, 6.07) is 33.3. The normalized spacial score (nSPS) is 11.8. The van der Waals surface area contributed by atoms with Gasteiger partial charge in [0, 0.05) is 28.1 Å². The van der Waals surface area contributed by atoms with E-state index in [-0.39, 0.29) is 0 Å². The third-order valence-electron chi connectivity index (χ3n) is 8.43. The van der Waals surface area contributed by atoms with Crippen molar-refractivity contribution < 1.29 is 9.13 Å². The van der Waals surface area contributed by atoms with Crippen molar-refractivity contribution in [1.82, 2.24) is 4.57 Å². The second-order valence-electron chi connectivity index (χ2n) is 11.7. The Morgan fingerprint density at radius 1 is 0.650 bits per heavy atom. The van der Waals surface area contributed by atoms with Crippen LogP contribution in [0.25, 0.3) is 50.1 Å². The fourth-order valence-electron chi connectivity index (χ4n) is 6.32. The number of hydrogen-bond acceptors (Lipinski definition) is 0. The first-order chi connectivity index (χ1) is 19.3. The van der Waals surface area contributed by atoms with Gasteiger partial charge in [-0.25, -0.2) is 9.13 Å². The number of imidazole rings is 1. The molecule has 0 saturated carbocycles. The molecule has 0 aliphatic rings. The van der Waals surface area contributed by atoms with Gasteiger partial charge in [0.2, 0.25) is 5.69 Å². The quantitative estimate of drug-likeness (QED) is 0.201. The first-order valence-electron chi connectivity index (χ1n) is 14.4. The summed E-state index contributed by atoms with van der Waals surface area (Å²) in [4.78, 5) is 0. The molecule has 0 spiro atoms. The monoisotopic (exact) mass is 525 g/mol. The molecule has 0 saturated heterocycles. The Morgan fingerprint density at radius 2 is 1.25 bits per heavy atom. The van der Waals surface area contributed by atoms with Crippen LogP contribution in [0, 0.1) is 6.92 Å². The van der Waals surface area contributed by atoms with Gasteiger partial charge in [0.25, 0.3) is 5.82 Å². The fraction of sp³-hybridized carbons (Fsp3) is 0.243. The van der Waals surface area contributed by atoms with E-state index in [1.54, 1.807) is 0 Å². The zero-order valence-corrected chi connectivity index (χ0v) is 24.7. The lowest BCUT2D eigenvalue weighted by Gasteiger charge is -2.19. The van der Waals surface area contributed by atoms with E-state index >= 15 is 0 Å². The van der Waals surface area contributed by atoms with E-state index in [1.165, 1.54) is 66.8 Å². The number of rotatable bonds is 5. The average Bonchev–Trinajstić information content (AvgIpc) is 3.24. The van der Waals surface area contributed by atoms with Crippen molar-refractivity contribution in [2.24, 2.45) is 14.1 Å². The summed E-state index contributed by atoms with van der Waals surface area (Å²) in [6.07, 6.45) is 2.24. The molecular formula is C37H39N3+2. The summed E-state index contributed by atoms with van der Waals surface area (Å²) < 4.78 is 7.17. The molecule has 0 N–H and O–H groups in total. The topological polar surface area (TPSA) is 12.7 Å². The Bertz CT molecular complexity index is 1860. The average molecular weight is 526 g/mol. The Labute approximate surface area is 238 Å². The van der Waals surface area contributed by atoms with Crippen molar-refractivity contribution in [2.45, 2.75) is 46.5 Å². The summed E-state index contributed by atoms with van der Waals surface area (Å²) in [7, 11) is 4.36. The van der Waals surface area contributed by atoms with Crippen LogP contribution in [0.2, 0.25) is 0 Å². The third-order valence-corrected chi connectivity index (χ3v) is 8.43. The van der Waals surface area contributed by atoms with Crippen LogP contribution in [0.4, 0.5) is 0 Å². The Morgan fingerprint density at radius 3 is 1.95 bits per heavy atom. The molecule has 0 bridgehead atoms. The first-order valence-corrected chi connectivity index (χ1v) is 14.4. The minimum absolute atomic E-state index is 0.400. The molecule has 0 fully saturated rings. The van der Waals surface area contributed by atoms with E-state index < -0.39 is 0 Å². The molecule has 6 aromatic rings. The standard InChI is InChI=1S/C37H39N3/c1-24(2)29-16-12-17-30(25(3)4)36(29)40-34-21-11-10-20-33(34)39(7)37(40)32-19-13-18-31(26(32)5)35-22-27-14-8-9-15-28(27)23-38(35)6/h8-25H,1-7H3/q+2. The van der Waals surface area contributed by atoms with Gasteiger partial charge >= 0.3 is 0 Å². The zero-order chi connectivity index (χ0) is 28.1. The van der Waals surface area contributed by atoms with Crippen LogP contribution in [0.15, 0.2) is 97.2 Å². The Hall–Kier alpha value is -4.24. The number of aromatic nitrogens is 3. The van der Waals surface area contributed by atoms with E-state index in [1.807, 2.05) is 0 Å². The molecule has 4 aromatic carbocycles. The lowest BCUT2D eigenvalue weighted by molar-refractivity contribution is -0.659. The Balaban J connectivity index is 1.70. The molecular weight excluding hydrogens is 486 g/mol. The highest BCUT2D eigenvalue weighted by atomic mass is 15.2. The number of fused-ring (bicyclic) bond motifs is 2. The van der Waals surface area contributed by atoms with Crippen LogP contribution in [0.5, 0.6) is 0 Å². The van der Waals surface area contributed by atoms with Gasteiger partial charge < -0.3 is 0 Å². The van der Waals surface area contributed by atoms with E-state index in [0.29, 0.717) is 11.8 Å². The van der Waals surface area contributed by atoms with Crippen molar-refractivity contribution in [1.29, 1.82) is 0 Å². The lowest BCUT2D eigenvalue weighted by atomic mass is 9.92. The van der Waals surface area contributed by atoms with Crippen molar-refractivity contribution >= 4 is 21.8 Å². The highest BCUT2D eigenvalue weighted by Crippen LogP contribution is 2.38. The molecule has 200 valence electrons. The first kappa shape index (κ1) is 26.0. The maximum absolute atomic E-state index is 2.53. The smallest absolute Gasteiger partial charge is 0.225 e. The van der Waals surface area contributed by atoms with Crippen LogP contribution < -0.4 is 9.13 Å². The van der Waals surface area contributed by atoms with Gasteiger partial charge in [-0.15, -0.1) is 0 Å².